The first-order valence-corrected chi connectivity index (χ1v) is 5.62. The number of primary amides is 1. The summed E-state index contributed by atoms with van der Waals surface area (Å²) in [4.78, 5) is 33.0. The highest BCUT2D eigenvalue weighted by Gasteiger charge is 2.17. The van der Waals surface area contributed by atoms with Crippen molar-refractivity contribution in [1.82, 2.24) is 5.32 Å². The second kappa shape index (κ2) is 6.46. The average molecular weight is 280 g/mol. The minimum Gasteiger partial charge on any atom is -0.478 e. The molecular formula is C13H13FN2O4. The lowest BCUT2D eigenvalue weighted by Crippen LogP contribution is -2.42. The van der Waals surface area contributed by atoms with E-state index in [0.717, 1.165) is 12.1 Å². The molecule has 0 spiro atoms. The zero-order valence-electron chi connectivity index (χ0n) is 10.6. The maximum atomic E-state index is 13.6. The Hall–Kier alpha value is -2.70. The highest BCUT2D eigenvalue weighted by atomic mass is 19.1. The molecule has 106 valence electrons. The van der Waals surface area contributed by atoms with E-state index in [1.54, 1.807) is 0 Å². The largest absolute Gasteiger partial charge is 0.478 e. The molecule has 0 aliphatic heterocycles. The highest BCUT2D eigenvalue weighted by Crippen LogP contribution is 2.12. The van der Waals surface area contributed by atoms with Crippen LogP contribution in [0, 0.1) is 5.82 Å². The van der Waals surface area contributed by atoms with Crippen LogP contribution in [-0.2, 0) is 9.59 Å². The van der Waals surface area contributed by atoms with E-state index >= 15 is 0 Å². The van der Waals surface area contributed by atoms with Gasteiger partial charge in [-0.05, 0) is 30.7 Å². The van der Waals surface area contributed by atoms with Gasteiger partial charge in [0, 0.05) is 6.08 Å². The number of benzene rings is 1. The molecule has 0 aliphatic rings. The Morgan fingerprint density at radius 3 is 2.60 bits per heavy atom. The Morgan fingerprint density at radius 2 is 2.05 bits per heavy atom. The van der Waals surface area contributed by atoms with E-state index in [1.807, 2.05) is 0 Å². The van der Waals surface area contributed by atoms with Gasteiger partial charge >= 0.3 is 5.97 Å². The van der Waals surface area contributed by atoms with Crippen LogP contribution in [0.2, 0.25) is 0 Å². The molecule has 1 aromatic carbocycles. The Balaban J connectivity index is 2.99. The zero-order chi connectivity index (χ0) is 15.3. The molecule has 1 unspecified atom stereocenters. The Bertz CT molecular complexity index is 584. The van der Waals surface area contributed by atoms with Crippen molar-refractivity contribution in [3.05, 3.63) is 41.2 Å². The van der Waals surface area contributed by atoms with Crippen molar-refractivity contribution in [2.45, 2.75) is 13.0 Å². The van der Waals surface area contributed by atoms with Gasteiger partial charge in [0.15, 0.2) is 0 Å². The predicted molar refractivity (Wildman–Crippen MR) is 69.2 cm³/mol. The van der Waals surface area contributed by atoms with Gasteiger partial charge in [-0.3, -0.25) is 9.59 Å². The summed E-state index contributed by atoms with van der Waals surface area (Å²) >= 11 is 0. The van der Waals surface area contributed by atoms with Crippen LogP contribution in [0.4, 0.5) is 4.39 Å². The Kier molecular flexibility index (Phi) is 4.96. The molecule has 0 fully saturated rings. The predicted octanol–water partition coefficient (Wildman–Crippen LogP) is 0.527. The summed E-state index contributed by atoms with van der Waals surface area (Å²) in [6, 6.07) is 2.59. The fraction of sp³-hybridized carbons (Fsp3) is 0.154. The van der Waals surface area contributed by atoms with Crippen molar-refractivity contribution in [1.29, 1.82) is 0 Å². The summed E-state index contributed by atoms with van der Waals surface area (Å²) in [7, 11) is 0. The van der Waals surface area contributed by atoms with E-state index in [1.165, 1.54) is 25.1 Å². The lowest BCUT2D eigenvalue weighted by Gasteiger charge is -2.11. The number of amides is 2. The van der Waals surface area contributed by atoms with Crippen LogP contribution in [0.15, 0.2) is 24.3 Å². The maximum absolute atomic E-state index is 13.6. The van der Waals surface area contributed by atoms with Crippen LogP contribution in [0.1, 0.15) is 22.8 Å². The molecule has 0 saturated carbocycles. The van der Waals surface area contributed by atoms with E-state index in [9.17, 15) is 18.8 Å². The summed E-state index contributed by atoms with van der Waals surface area (Å²) in [5, 5.41) is 10.7. The number of carbonyl (C=O) groups is 3. The van der Waals surface area contributed by atoms with Gasteiger partial charge in [-0.25, -0.2) is 9.18 Å². The van der Waals surface area contributed by atoms with Crippen molar-refractivity contribution in [2.24, 2.45) is 5.73 Å². The minimum absolute atomic E-state index is 0.300. The number of nitrogens with two attached hydrogens (primary N) is 1. The smallest absolute Gasteiger partial charge is 0.328 e. The first-order chi connectivity index (χ1) is 9.31. The molecule has 0 bridgehead atoms. The van der Waals surface area contributed by atoms with Crippen LogP contribution in [0.3, 0.4) is 0 Å². The number of rotatable bonds is 5. The molecular weight excluding hydrogens is 267 g/mol. The number of carbonyl (C=O) groups excluding carboxylic acids is 2. The molecule has 1 rings (SSSR count). The third kappa shape index (κ3) is 4.20. The number of nitrogens with one attached hydrogen (secondary N) is 1. The summed E-state index contributed by atoms with van der Waals surface area (Å²) in [5.41, 5.74) is 5.03. The van der Waals surface area contributed by atoms with Crippen molar-refractivity contribution in [2.75, 3.05) is 0 Å². The lowest BCUT2D eigenvalue weighted by molar-refractivity contribution is -0.131. The third-order valence-electron chi connectivity index (χ3n) is 2.43. The fourth-order valence-corrected chi connectivity index (χ4v) is 1.33. The number of carboxylic acid groups (broad SMARTS) is 1. The summed E-state index contributed by atoms with van der Waals surface area (Å²) in [5.74, 6) is -3.51. The van der Waals surface area contributed by atoms with Crippen molar-refractivity contribution >= 4 is 23.9 Å². The summed E-state index contributed by atoms with van der Waals surface area (Å²) < 4.78 is 13.6. The van der Waals surface area contributed by atoms with Crippen LogP contribution >= 0.6 is 0 Å². The number of halogens is 1. The van der Waals surface area contributed by atoms with E-state index in [0.29, 0.717) is 5.56 Å². The van der Waals surface area contributed by atoms with Crippen LogP contribution < -0.4 is 11.1 Å². The van der Waals surface area contributed by atoms with Crippen LogP contribution in [-0.4, -0.2) is 28.9 Å². The molecule has 7 heteroatoms. The Morgan fingerprint density at radius 1 is 1.40 bits per heavy atom. The molecule has 0 heterocycles. The van der Waals surface area contributed by atoms with Gasteiger partial charge in [-0.2, -0.15) is 0 Å². The number of aliphatic carboxylic acids is 1. The average Bonchev–Trinajstić information content (AvgIpc) is 2.37. The molecule has 0 radical (unpaired) electrons. The van der Waals surface area contributed by atoms with Gasteiger partial charge in [0.25, 0.3) is 5.91 Å². The second-order valence-electron chi connectivity index (χ2n) is 4.01. The molecule has 1 atom stereocenters. The van der Waals surface area contributed by atoms with Gasteiger partial charge in [0.05, 0.1) is 5.56 Å². The molecule has 2 amide bonds. The molecule has 0 aliphatic carbocycles. The minimum atomic E-state index is -1.16. The van der Waals surface area contributed by atoms with E-state index in [2.05, 4.69) is 5.32 Å². The molecule has 0 saturated heterocycles. The van der Waals surface area contributed by atoms with Gasteiger partial charge in [0.1, 0.15) is 11.9 Å². The normalized spacial score (nSPS) is 12.1. The second-order valence-corrected chi connectivity index (χ2v) is 4.01. The first kappa shape index (κ1) is 15.4. The number of hydrogen-bond acceptors (Lipinski definition) is 3. The Labute approximate surface area is 114 Å². The van der Waals surface area contributed by atoms with Gasteiger partial charge in [0.2, 0.25) is 5.91 Å². The van der Waals surface area contributed by atoms with Crippen molar-refractivity contribution in [3.8, 4) is 0 Å². The van der Waals surface area contributed by atoms with Gasteiger partial charge < -0.3 is 16.2 Å². The maximum Gasteiger partial charge on any atom is 0.328 e. The van der Waals surface area contributed by atoms with E-state index in [-0.39, 0.29) is 5.56 Å². The van der Waals surface area contributed by atoms with Crippen LogP contribution in [0.5, 0.6) is 0 Å². The standard InChI is InChI=1S/C13H13FN2O4/c1-7(12(15)19)16-13(20)9-6-8(2-4-10(9)14)3-5-11(17)18/h2-7H,1H3,(H2,15,19)(H,16,20)(H,17,18). The SMILES string of the molecule is CC(NC(=O)c1cc(C=CC(=O)O)ccc1F)C(N)=O. The zero-order valence-corrected chi connectivity index (χ0v) is 10.6. The fourth-order valence-electron chi connectivity index (χ4n) is 1.33. The quantitative estimate of drug-likeness (QED) is 0.683. The van der Waals surface area contributed by atoms with Gasteiger partial charge in [-0.15, -0.1) is 0 Å². The first-order valence-electron chi connectivity index (χ1n) is 5.62. The number of carboxylic acids is 1. The lowest BCUT2D eigenvalue weighted by atomic mass is 10.1. The summed E-state index contributed by atoms with van der Waals surface area (Å²) in [6.07, 6.45) is 2.08. The highest BCUT2D eigenvalue weighted by molar-refractivity contribution is 5.98. The van der Waals surface area contributed by atoms with Gasteiger partial charge in [-0.1, -0.05) is 6.07 Å². The molecule has 6 nitrogen and oxygen atoms in total. The molecule has 0 aromatic heterocycles. The third-order valence-corrected chi connectivity index (χ3v) is 2.43. The van der Waals surface area contributed by atoms with Crippen LogP contribution in [0.25, 0.3) is 6.08 Å². The molecule has 20 heavy (non-hydrogen) atoms. The molecule has 4 N–H and O–H groups in total. The monoisotopic (exact) mass is 280 g/mol. The van der Waals surface area contributed by atoms with E-state index in [4.69, 9.17) is 10.8 Å². The van der Waals surface area contributed by atoms with Crippen molar-refractivity contribution < 1.29 is 23.9 Å². The number of hydrogen-bond donors (Lipinski definition) is 3. The summed E-state index contributed by atoms with van der Waals surface area (Å²) in [6.45, 7) is 1.37. The topological polar surface area (TPSA) is 109 Å². The van der Waals surface area contributed by atoms with Crippen molar-refractivity contribution in [3.63, 3.8) is 0 Å². The van der Waals surface area contributed by atoms with E-state index < -0.39 is 29.6 Å². The molecule has 1 aromatic rings.